The van der Waals surface area contributed by atoms with Crippen molar-refractivity contribution in [1.82, 2.24) is 40.0 Å². The molecule has 8 nitrogen and oxygen atoms in total. The molecule has 8 heteroatoms. The molecule has 0 saturated carbocycles. The maximum absolute atomic E-state index is 4.62. The van der Waals surface area contributed by atoms with Gasteiger partial charge in [-0.15, -0.1) is 0 Å². The summed E-state index contributed by atoms with van der Waals surface area (Å²) in [7, 11) is 4.10. The van der Waals surface area contributed by atoms with Gasteiger partial charge in [-0.25, -0.2) is 9.97 Å². The molecule has 0 radical (unpaired) electrons. The van der Waals surface area contributed by atoms with Gasteiger partial charge < -0.3 is 9.88 Å². The molecule has 0 atom stereocenters. The van der Waals surface area contributed by atoms with E-state index in [1.165, 1.54) is 0 Å². The van der Waals surface area contributed by atoms with Crippen molar-refractivity contribution >= 4 is 22.1 Å². The van der Waals surface area contributed by atoms with E-state index in [0.717, 1.165) is 67.8 Å². The Kier molecular flexibility index (Phi) is 4.85. The van der Waals surface area contributed by atoms with E-state index in [4.69, 9.17) is 0 Å². The Morgan fingerprint density at radius 1 is 0.765 bits per heavy atom. The second-order valence-electron chi connectivity index (χ2n) is 8.55. The third kappa shape index (κ3) is 3.60. The minimum atomic E-state index is 0.733. The Balaban J connectivity index is 1.45. The van der Waals surface area contributed by atoms with Crippen LogP contribution in [0, 0.1) is 0 Å². The molecule has 34 heavy (non-hydrogen) atoms. The van der Waals surface area contributed by atoms with Crippen molar-refractivity contribution in [1.29, 1.82) is 0 Å². The zero-order valence-corrected chi connectivity index (χ0v) is 18.8. The number of hydrogen-bond acceptors (Lipinski definition) is 6. The summed E-state index contributed by atoms with van der Waals surface area (Å²) in [6.07, 6.45) is 11.0. The summed E-state index contributed by atoms with van der Waals surface area (Å²) in [6, 6.07) is 12.4. The molecule has 0 amide bonds. The molecule has 6 rings (SSSR count). The lowest BCUT2D eigenvalue weighted by atomic mass is 10.0. The van der Waals surface area contributed by atoms with Crippen molar-refractivity contribution < 1.29 is 0 Å². The van der Waals surface area contributed by atoms with Gasteiger partial charge in [0, 0.05) is 65.6 Å². The summed E-state index contributed by atoms with van der Waals surface area (Å²) >= 11 is 0. The summed E-state index contributed by atoms with van der Waals surface area (Å²) in [5.41, 5.74) is 8.59. The van der Waals surface area contributed by atoms with Crippen molar-refractivity contribution in [2.45, 2.75) is 6.54 Å². The van der Waals surface area contributed by atoms with Gasteiger partial charge in [-0.1, -0.05) is 0 Å². The largest absolute Gasteiger partial charge is 0.338 e. The van der Waals surface area contributed by atoms with Crippen LogP contribution in [0.25, 0.3) is 55.7 Å². The van der Waals surface area contributed by atoms with Crippen molar-refractivity contribution in [3.05, 3.63) is 79.1 Å². The molecule has 0 aliphatic heterocycles. The fourth-order valence-electron chi connectivity index (χ4n) is 4.30. The molecule has 166 valence electrons. The van der Waals surface area contributed by atoms with Gasteiger partial charge in [-0.3, -0.25) is 15.1 Å². The molecule has 2 N–H and O–H groups in total. The zero-order chi connectivity index (χ0) is 23.1. The van der Waals surface area contributed by atoms with Crippen molar-refractivity contribution in [2.75, 3.05) is 14.1 Å². The van der Waals surface area contributed by atoms with Crippen molar-refractivity contribution in [2.24, 2.45) is 0 Å². The Morgan fingerprint density at radius 3 is 2.47 bits per heavy atom. The normalized spacial score (nSPS) is 11.6. The molecule has 0 saturated heterocycles. The average Bonchev–Trinajstić information content (AvgIpc) is 3.48. The first-order chi connectivity index (χ1) is 16.7. The third-order valence-electron chi connectivity index (χ3n) is 5.82. The van der Waals surface area contributed by atoms with Crippen LogP contribution in [0.3, 0.4) is 0 Å². The zero-order valence-electron chi connectivity index (χ0n) is 18.8. The molecule has 0 aliphatic carbocycles. The monoisotopic (exact) mass is 446 g/mol. The van der Waals surface area contributed by atoms with Gasteiger partial charge in [0.15, 0.2) is 5.65 Å². The Hall–Kier alpha value is -4.43. The van der Waals surface area contributed by atoms with Crippen LogP contribution in [-0.4, -0.2) is 54.1 Å². The summed E-state index contributed by atoms with van der Waals surface area (Å²) in [4.78, 5) is 23.3. The van der Waals surface area contributed by atoms with Gasteiger partial charge in [0.25, 0.3) is 0 Å². The van der Waals surface area contributed by atoms with Crippen molar-refractivity contribution in [3.8, 4) is 33.6 Å². The lowest BCUT2D eigenvalue weighted by Gasteiger charge is -2.10. The van der Waals surface area contributed by atoms with Gasteiger partial charge in [0.1, 0.15) is 11.3 Å². The van der Waals surface area contributed by atoms with Crippen LogP contribution < -0.4 is 0 Å². The number of fused-ring (bicyclic) bond motifs is 2. The number of H-pyrrole nitrogens is 2. The van der Waals surface area contributed by atoms with Crippen LogP contribution in [0.15, 0.2) is 73.6 Å². The molecule has 6 aromatic rings. The quantitative estimate of drug-likeness (QED) is 0.399. The number of aromatic nitrogens is 7. The van der Waals surface area contributed by atoms with E-state index in [0.29, 0.717) is 0 Å². The molecule has 0 aromatic carbocycles. The van der Waals surface area contributed by atoms with E-state index < -0.39 is 0 Å². The lowest BCUT2D eigenvalue weighted by molar-refractivity contribution is 0.402. The van der Waals surface area contributed by atoms with Crippen LogP contribution in [0.1, 0.15) is 5.56 Å². The van der Waals surface area contributed by atoms with E-state index >= 15 is 0 Å². The minimum absolute atomic E-state index is 0.733. The van der Waals surface area contributed by atoms with Gasteiger partial charge in [-0.2, -0.15) is 5.10 Å². The summed E-state index contributed by atoms with van der Waals surface area (Å²) in [5.74, 6) is 0. The van der Waals surface area contributed by atoms with E-state index in [2.05, 4.69) is 58.2 Å². The highest BCUT2D eigenvalue weighted by Gasteiger charge is 2.15. The molecule has 0 aliphatic rings. The van der Waals surface area contributed by atoms with Crippen LogP contribution in [0.2, 0.25) is 0 Å². The predicted molar refractivity (Wildman–Crippen MR) is 133 cm³/mol. The molecule has 0 bridgehead atoms. The Morgan fingerprint density at radius 2 is 1.62 bits per heavy atom. The second kappa shape index (κ2) is 8.17. The number of aromatic amines is 2. The van der Waals surface area contributed by atoms with Gasteiger partial charge in [-0.05, 0) is 67.2 Å². The highest BCUT2D eigenvalue weighted by molar-refractivity contribution is 5.99. The van der Waals surface area contributed by atoms with E-state index in [1.807, 2.05) is 57.1 Å². The number of hydrogen-bond donors (Lipinski definition) is 2. The third-order valence-corrected chi connectivity index (χ3v) is 5.82. The first-order valence-electron chi connectivity index (χ1n) is 11.0. The number of pyridine rings is 4. The molecule has 6 heterocycles. The van der Waals surface area contributed by atoms with E-state index in [1.54, 1.807) is 12.4 Å². The first kappa shape index (κ1) is 20.2. The van der Waals surface area contributed by atoms with Crippen LogP contribution in [0.5, 0.6) is 0 Å². The van der Waals surface area contributed by atoms with Crippen molar-refractivity contribution in [3.63, 3.8) is 0 Å². The van der Waals surface area contributed by atoms with E-state index in [9.17, 15) is 0 Å². The number of nitrogens with one attached hydrogen (secondary N) is 2. The summed E-state index contributed by atoms with van der Waals surface area (Å²) in [6.45, 7) is 0.829. The number of nitrogens with zero attached hydrogens (tertiary/aromatic N) is 6. The second-order valence-corrected chi connectivity index (χ2v) is 8.55. The SMILES string of the molecule is CN(C)Cc1cncc(-c2cnc3[nH]nc(-c4cc5c(-c6ccncc6)ccnc5[nH]4)c3c2)c1. The smallest absolute Gasteiger partial charge is 0.155 e. The Labute approximate surface area is 195 Å². The first-order valence-corrected chi connectivity index (χ1v) is 11.0. The lowest BCUT2D eigenvalue weighted by Crippen LogP contribution is -2.10. The van der Waals surface area contributed by atoms with Crippen LogP contribution >= 0.6 is 0 Å². The van der Waals surface area contributed by atoms with Gasteiger partial charge >= 0.3 is 0 Å². The maximum Gasteiger partial charge on any atom is 0.155 e. The van der Waals surface area contributed by atoms with E-state index in [-0.39, 0.29) is 0 Å². The maximum atomic E-state index is 4.62. The highest BCUT2D eigenvalue weighted by atomic mass is 15.2. The molecule has 0 spiro atoms. The molecule has 0 unspecified atom stereocenters. The highest BCUT2D eigenvalue weighted by Crippen LogP contribution is 2.33. The fourth-order valence-corrected chi connectivity index (χ4v) is 4.30. The van der Waals surface area contributed by atoms with Gasteiger partial charge in [0.05, 0.1) is 5.69 Å². The minimum Gasteiger partial charge on any atom is -0.338 e. The molecular formula is C26H22N8. The average molecular weight is 447 g/mol. The topological polar surface area (TPSA) is 99.3 Å². The summed E-state index contributed by atoms with van der Waals surface area (Å²) in [5, 5.41) is 9.61. The van der Waals surface area contributed by atoms with Crippen LogP contribution in [0.4, 0.5) is 0 Å². The Bertz CT molecular complexity index is 1610. The number of rotatable bonds is 5. The molecular weight excluding hydrogens is 424 g/mol. The summed E-state index contributed by atoms with van der Waals surface area (Å²) < 4.78 is 0. The van der Waals surface area contributed by atoms with Gasteiger partial charge in [0.2, 0.25) is 0 Å². The predicted octanol–water partition coefficient (Wildman–Crippen LogP) is 4.69. The molecule has 0 fully saturated rings. The standard InChI is InChI=1S/C26H22N8/c1-34(2)15-16-9-18(13-28-12-16)19-10-22-24(32-33-26(22)30-14-19)23-11-21-20(5-8-29-25(21)31-23)17-3-6-27-7-4-17/h3-14H,15H2,1-2H3,(H,29,31)(H,30,32,33). The fraction of sp³-hybridized carbons (Fsp3) is 0.115. The van der Waals surface area contributed by atoms with Crippen LogP contribution in [-0.2, 0) is 6.54 Å². The molecule has 6 aromatic heterocycles.